The molecule has 41 heavy (non-hydrogen) atoms. The molecule has 0 aliphatic heterocycles. The van der Waals surface area contributed by atoms with Gasteiger partial charge < -0.3 is 4.74 Å². The van der Waals surface area contributed by atoms with E-state index in [-0.39, 0.29) is 35.7 Å². The molecule has 0 fully saturated rings. The predicted molar refractivity (Wildman–Crippen MR) is 162 cm³/mol. The molecule has 5 heteroatoms. The van der Waals surface area contributed by atoms with Gasteiger partial charge in [-0.05, 0) is 100 Å². The van der Waals surface area contributed by atoms with Gasteiger partial charge in [0.05, 0.1) is 17.6 Å². The summed E-state index contributed by atoms with van der Waals surface area (Å²) >= 11 is 0. The Morgan fingerprint density at radius 2 is 1.76 bits per heavy atom. The molecule has 0 radical (unpaired) electrons. The van der Waals surface area contributed by atoms with Gasteiger partial charge in [0.1, 0.15) is 0 Å². The number of ether oxygens (including phenoxy) is 1. The highest BCUT2D eigenvalue weighted by atomic mass is 16.5. The van der Waals surface area contributed by atoms with Gasteiger partial charge in [-0.1, -0.05) is 51.0 Å². The molecule has 1 aromatic carbocycles. The molecular formula is C36H46O5. The molecule has 0 N–H and O–H groups in total. The first-order valence-corrected chi connectivity index (χ1v) is 15.0. The Bertz CT molecular complexity index is 1440. The zero-order valence-electron chi connectivity index (χ0n) is 26.4. The maximum atomic E-state index is 14.7. The fourth-order valence-corrected chi connectivity index (χ4v) is 8.41. The number of esters is 1. The first-order chi connectivity index (χ1) is 19.0. The minimum absolute atomic E-state index is 0.00668. The molecule has 0 amide bonds. The van der Waals surface area contributed by atoms with Crippen LogP contribution in [-0.4, -0.2) is 29.9 Å². The Morgan fingerprint density at radius 1 is 1.10 bits per heavy atom. The smallest absolute Gasteiger partial charge is 0.306 e. The third-order valence-electron chi connectivity index (χ3n) is 10.5. The number of rotatable bonds is 8. The van der Waals surface area contributed by atoms with E-state index in [1.165, 1.54) is 6.92 Å². The van der Waals surface area contributed by atoms with Crippen LogP contribution in [0.1, 0.15) is 120 Å². The fraction of sp³-hybridized carbons (Fsp3) is 0.556. The summed E-state index contributed by atoms with van der Waals surface area (Å²) in [6.45, 7) is 21.9. The molecule has 3 aliphatic carbocycles. The number of aryl methyl sites for hydroxylation is 1. The van der Waals surface area contributed by atoms with E-state index in [0.29, 0.717) is 37.9 Å². The van der Waals surface area contributed by atoms with Crippen LogP contribution in [0.5, 0.6) is 0 Å². The Labute approximate surface area is 245 Å². The van der Waals surface area contributed by atoms with Crippen LogP contribution in [0, 0.1) is 23.2 Å². The number of fused-ring (bicyclic) bond motifs is 3. The van der Waals surface area contributed by atoms with Crippen LogP contribution in [0.15, 0.2) is 41.0 Å². The number of hydrogen-bond donors (Lipinski definition) is 0. The molecular weight excluding hydrogens is 512 g/mol. The van der Waals surface area contributed by atoms with Gasteiger partial charge in [-0.15, -0.1) is 6.58 Å². The van der Waals surface area contributed by atoms with Crippen LogP contribution in [0.25, 0.3) is 0 Å². The van der Waals surface area contributed by atoms with Gasteiger partial charge in [-0.3, -0.25) is 19.2 Å². The van der Waals surface area contributed by atoms with E-state index in [1.54, 1.807) is 6.08 Å². The van der Waals surface area contributed by atoms with Gasteiger partial charge in [-0.2, -0.15) is 0 Å². The van der Waals surface area contributed by atoms with E-state index in [4.69, 9.17) is 4.74 Å². The number of hydrogen-bond acceptors (Lipinski definition) is 5. The summed E-state index contributed by atoms with van der Waals surface area (Å²) < 4.78 is 5.32. The third-order valence-corrected chi connectivity index (χ3v) is 10.5. The highest BCUT2D eigenvalue weighted by Gasteiger charge is 2.63. The van der Waals surface area contributed by atoms with Crippen molar-refractivity contribution in [3.63, 3.8) is 0 Å². The second-order valence-electron chi connectivity index (χ2n) is 13.7. The highest BCUT2D eigenvalue weighted by molar-refractivity contribution is 6.24. The summed E-state index contributed by atoms with van der Waals surface area (Å²) in [7, 11) is 0. The molecule has 0 saturated heterocycles. The summed E-state index contributed by atoms with van der Waals surface area (Å²) in [4.78, 5) is 53.8. The Balaban J connectivity index is 1.86. The SMILES string of the molecule is C=CCCOC(=O)CCc1cc(C(C)C)c2c(c1C)C(=O)C1=C(C)C3(C)C(=O)C(C(C)=O)=C(C)CC3(C)CC1(C)C2. The topological polar surface area (TPSA) is 77.5 Å². The monoisotopic (exact) mass is 558 g/mol. The lowest BCUT2D eigenvalue weighted by atomic mass is 9.42. The van der Waals surface area contributed by atoms with E-state index < -0.39 is 16.2 Å². The Morgan fingerprint density at radius 3 is 2.34 bits per heavy atom. The first-order valence-electron chi connectivity index (χ1n) is 15.0. The maximum Gasteiger partial charge on any atom is 0.306 e. The van der Waals surface area contributed by atoms with Crippen LogP contribution in [0.2, 0.25) is 0 Å². The lowest BCUT2D eigenvalue weighted by Crippen LogP contribution is -2.57. The van der Waals surface area contributed by atoms with Crippen molar-refractivity contribution in [3.05, 3.63) is 68.8 Å². The molecule has 0 heterocycles. The lowest BCUT2D eigenvalue weighted by Gasteiger charge is -2.59. The Kier molecular flexibility index (Phi) is 8.01. The van der Waals surface area contributed by atoms with Gasteiger partial charge in [-0.25, -0.2) is 0 Å². The lowest BCUT2D eigenvalue weighted by molar-refractivity contribution is -0.143. The molecule has 0 bridgehead atoms. The summed E-state index contributed by atoms with van der Waals surface area (Å²) in [5, 5.41) is 0. The zero-order chi connectivity index (χ0) is 30.7. The molecule has 220 valence electrons. The molecule has 5 nitrogen and oxygen atoms in total. The van der Waals surface area contributed by atoms with Crippen LogP contribution in [0.3, 0.4) is 0 Å². The fourth-order valence-electron chi connectivity index (χ4n) is 8.41. The van der Waals surface area contributed by atoms with Gasteiger partial charge in [0.25, 0.3) is 0 Å². The molecule has 0 saturated carbocycles. The van der Waals surface area contributed by atoms with Crippen molar-refractivity contribution in [1.82, 2.24) is 0 Å². The molecule has 3 aliphatic rings. The normalized spacial score (nSPS) is 27.5. The number of ketones is 3. The second kappa shape index (κ2) is 10.6. The molecule has 0 aromatic heterocycles. The highest BCUT2D eigenvalue weighted by Crippen LogP contribution is 2.66. The summed E-state index contributed by atoms with van der Waals surface area (Å²) in [6.07, 6.45) is 5.15. The van der Waals surface area contributed by atoms with Crippen molar-refractivity contribution in [3.8, 4) is 0 Å². The van der Waals surface area contributed by atoms with Crippen molar-refractivity contribution >= 4 is 23.3 Å². The van der Waals surface area contributed by atoms with Crippen LogP contribution in [-0.2, 0) is 32.0 Å². The molecule has 4 rings (SSSR count). The van der Waals surface area contributed by atoms with Crippen LogP contribution >= 0.6 is 0 Å². The molecule has 0 spiro atoms. The van der Waals surface area contributed by atoms with Gasteiger partial charge in [0.15, 0.2) is 17.3 Å². The second-order valence-corrected chi connectivity index (χ2v) is 13.7. The van der Waals surface area contributed by atoms with E-state index in [1.807, 2.05) is 27.7 Å². The van der Waals surface area contributed by atoms with E-state index in [2.05, 4.69) is 40.3 Å². The third kappa shape index (κ3) is 4.70. The van der Waals surface area contributed by atoms with E-state index in [0.717, 1.165) is 51.0 Å². The molecule has 3 atom stereocenters. The average molecular weight is 559 g/mol. The summed E-state index contributed by atoms with van der Waals surface area (Å²) in [5.74, 6) is -0.410. The summed E-state index contributed by atoms with van der Waals surface area (Å²) in [5.41, 5.74) is 5.81. The molecule has 1 aromatic rings. The van der Waals surface area contributed by atoms with E-state index >= 15 is 0 Å². The minimum Gasteiger partial charge on any atom is -0.465 e. The maximum absolute atomic E-state index is 14.7. The van der Waals surface area contributed by atoms with Crippen LogP contribution < -0.4 is 0 Å². The first kappa shape index (κ1) is 30.9. The number of carbonyl (C=O) groups is 4. The quantitative estimate of drug-likeness (QED) is 0.143. The average Bonchev–Trinajstić information content (AvgIpc) is 2.85. The molecule has 3 unspecified atom stereocenters. The van der Waals surface area contributed by atoms with Gasteiger partial charge >= 0.3 is 5.97 Å². The number of Topliss-reactive ketones (excluding diaryl/α,β-unsaturated/α-hetero) is 3. The largest absolute Gasteiger partial charge is 0.465 e. The van der Waals surface area contributed by atoms with Crippen molar-refractivity contribution in [1.29, 1.82) is 0 Å². The van der Waals surface area contributed by atoms with Gasteiger partial charge in [0.2, 0.25) is 0 Å². The number of benzene rings is 1. The van der Waals surface area contributed by atoms with Gasteiger partial charge in [0, 0.05) is 23.0 Å². The van der Waals surface area contributed by atoms with Crippen molar-refractivity contribution < 1.29 is 23.9 Å². The number of carbonyl (C=O) groups excluding carboxylic acids is 4. The van der Waals surface area contributed by atoms with Crippen molar-refractivity contribution in [2.45, 2.75) is 107 Å². The minimum atomic E-state index is -0.933. The zero-order valence-corrected chi connectivity index (χ0v) is 26.4. The number of allylic oxidation sites excluding steroid dienone is 4. The van der Waals surface area contributed by atoms with Crippen LogP contribution in [0.4, 0.5) is 0 Å². The van der Waals surface area contributed by atoms with Crippen molar-refractivity contribution in [2.75, 3.05) is 6.61 Å². The van der Waals surface area contributed by atoms with E-state index in [9.17, 15) is 19.2 Å². The Hall–Kier alpha value is -3.08. The standard InChI is InChI=1S/C36H46O5/c1-11-12-15-41-28(38)14-13-25-16-26(20(2)3)27-18-34(8)19-35(9)17-21(4)29(24(7)37)33(40)36(35,10)23(6)31(34)32(39)30(27)22(25)5/h11,16,20H,1,12-15,17-19H2,2-10H3. The predicted octanol–water partition coefficient (Wildman–Crippen LogP) is 7.53. The summed E-state index contributed by atoms with van der Waals surface area (Å²) in [6, 6.07) is 2.19. The van der Waals surface area contributed by atoms with Crippen molar-refractivity contribution in [2.24, 2.45) is 16.2 Å².